The van der Waals surface area contributed by atoms with Crippen molar-refractivity contribution in [2.24, 2.45) is 0 Å². The van der Waals surface area contributed by atoms with E-state index in [1.165, 1.54) is 0 Å². The van der Waals surface area contributed by atoms with E-state index in [9.17, 15) is 9.59 Å². The molecule has 0 bridgehead atoms. The lowest BCUT2D eigenvalue weighted by Gasteiger charge is -2.30. The van der Waals surface area contributed by atoms with Crippen LogP contribution in [0.3, 0.4) is 0 Å². The van der Waals surface area contributed by atoms with Gasteiger partial charge in [0.2, 0.25) is 11.7 Å². The summed E-state index contributed by atoms with van der Waals surface area (Å²) < 4.78 is 11.2. The van der Waals surface area contributed by atoms with Crippen molar-refractivity contribution in [2.75, 3.05) is 26.2 Å². The van der Waals surface area contributed by atoms with Crippen LogP contribution in [-0.2, 0) is 9.53 Å². The zero-order valence-corrected chi connectivity index (χ0v) is 16.6. The minimum absolute atomic E-state index is 0.0243. The molecule has 0 spiro atoms. The molecular weight excluding hydrogens is 416 g/mol. The van der Waals surface area contributed by atoms with Crippen molar-refractivity contribution in [3.05, 3.63) is 34.6 Å². The van der Waals surface area contributed by atoms with Gasteiger partial charge < -0.3 is 19.5 Å². The lowest BCUT2D eigenvalue weighted by Crippen LogP contribution is -2.46. The van der Waals surface area contributed by atoms with Gasteiger partial charge >= 0.3 is 12.0 Å². The lowest BCUT2D eigenvalue weighted by molar-refractivity contribution is -0.141. The Balaban J connectivity index is 1.60. The Hall–Kier alpha value is -2.42. The van der Waals surface area contributed by atoms with Crippen molar-refractivity contribution in [1.82, 2.24) is 20.4 Å². The van der Waals surface area contributed by atoms with Gasteiger partial charge in [-0.2, -0.15) is 4.98 Å². The van der Waals surface area contributed by atoms with E-state index >= 15 is 0 Å². The molecule has 27 heavy (non-hydrogen) atoms. The highest BCUT2D eigenvalue weighted by Gasteiger charge is 2.29. The molecule has 2 aromatic rings. The molecule has 0 aliphatic carbocycles. The summed E-state index contributed by atoms with van der Waals surface area (Å²) in [7, 11) is 0. The molecule has 0 radical (unpaired) electrons. The van der Waals surface area contributed by atoms with E-state index in [0.29, 0.717) is 31.4 Å². The fourth-order valence-corrected chi connectivity index (χ4v) is 3.22. The van der Waals surface area contributed by atoms with Crippen LogP contribution in [0.15, 0.2) is 33.3 Å². The number of amides is 2. The largest absolute Gasteiger partial charge is 0.465 e. The average Bonchev–Trinajstić information content (AvgIpc) is 3.17. The van der Waals surface area contributed by atoms with Crippen molar-refractivity contribution in [1.29, 1.82) is 0 Å². The molecule has 2 amide bonds. The summed E-state index contributed by atoms with van der Waals surface area (Å²) in [6.45, 7) is 2.97. The molecule has 0 saturated carbocycles. The Bertz CT molecular complexity index is 793. The zero-order chi connectivity index (χ0) is 19.2. The summed E-state index contributed by atoms with van der Waals surface area (Å²) in [5.74, 6) is 0.580. The number of likely N-dealkylation sites (tertiary alicyclic amines) is 1. The molecule has 2 heterocycles. The molecule has 144 valence electrons. The second-order valence-corrected chi connectivity index (χ2v) is 7.13. The second-order valence-electron chi connectivity index (χ2n) is 6.21. The SMILES string of the molecule is CCOC(=O)CNC(=O)N1CCCC(c2nc(-c3ccc(Br)cc3)no2)C1. The number of hydrogen-bond donors (Lipinski definition) is 1. The van der Waals surface area contributed by atoms with Crippen LogP contribution < -0.4 is 5.32 Å². The second kappa shape index (κ2) is 8.98. The standard InChI is InChI=1S/C18H21BrN4O4/c1-2-26-15(24)10-20-18(25)23-9-3-4-13(11-23)17-21-16(22-27-17)12-5-7-14(19)8-6-12/h5-8,13H,2-4,9-11H2,1H3,(H,20,25). The minimum Gasteiger partial charge on any atom is -0.465 e. The molecule has 1 aromatic carbocycles. The van der Waals surface area contributed by atoms with E-state index in [0.717, 1.165) is 22.9 Å². The first-order valence-corrected chi connectivity index (χ1v) is 9.64. The number of piperidine rings is 1. The predicted molar refractivity (Wildman–Crippen MR) is 101 cm³/mol. The monoisotopic (exact) mass is 436 g/mol. The van der Waals surface area contributed by atoms with E-state index in [1.54, 1.807) is 11.8 Å². The van der Waals surface area contributed by atoms with Crippen LogP contribution in [0.4, 0.5) is 4.79 Å². The maximum Gasteiger partial charge on any atom is 0.325 e. The van der Waals surface area contributed by atoms with Crippen LogP contribution in [-0.4, -0.2) is 53.3 Å². The zero-order valence-electron chi connectivity index (χ0n) is 15.0. The van der Waals surface area contributed by atoms with E-state index < -0.39 is 5.97 Å². The number of urea groups is 1. The van der Waals surface area contributed by atoms with Crippen LogP contribution in [0.2, 0.25) is 0 Å². The van der Waals surface area contributed by atoms with Crippen molar-refractivity contribution in [3.8, 4) is 11.4 Å². The summed E-state index contributed by atoms with van der Waals surface area (Å²) in [5.41, 5.74) is 0.869. The third-order valence-corrected chi connectivity index (χ3v) is 4.82. The molecule has 1 N–H and O–H groups in total. The fraction of sp³-hybridized carbons (Fsp3) is 0.444. The highest BCUT2D eigenvalue weighted by Crippen LogP contribution is 2.28. The summed E-state index contributed by atoms with van der Waals surface area (Å²) in [6, 6.07) is 7.37. The predicted octanol–water partition coefficient (Wildman–Crippen LogP) is 2.95. The van der Waals surface area contributed by atoms with Crippen LogP contribution in [0.1, 0.15) is 31.6 Å². The number of hydrogen-bond acceptors (Lipinski definition) is 6. The average molecular weight is 437 g/mol. The number of nitrogens with zero attached hydrogens (tertiary/aromatic N) is 3. The van der Waals surface area contributed by atoms with Gasteiger partial charge in [0.1, 0.15) is 6.54 Å². The summed E-state index contributed by atoms with van der Waals surface area (Å²) >= 11 is 3.40. The number of benzene rings is 1. The number of esters is 1. The van der Waals surface area contributed by atoms with Gasteiger partial charge in [0.05, 0.1) is 12.5 Å². The molecule has 9 heteroatoms. The fourth-order valence-electron chi connectivity index (χ4n) is 2.95. The first-order valence-electron chi connectivity index (χ1n) is 8.84. The van der Waals surface area contributed by atoms with Gasteiger partial charge in [-0.15, -0.1) is 0 Å². The number of rotatable bonds is 5. The molecular formula is C18H21BrN4O4. The molecule has 1 saturated heterocycles. The quantitative estimate of drug-likeness (QED) is 0.723. The molecule has 1 fully saturated rings. The van der Waals surface area contributed by atoms with Gasteiger partial charge in [0, 0.05) is 23.1 Å². The van der Waals surface area contributed by atoms with E-state index in [-0.39, 0.29) is 18.5 Å². The maximum atomic E-state index is 12.3. The number of ether oxygens (including phenoxy) is 1. The molecule has 8 nitrogen and oxygen atoms in total. The molecule has 3 rings (SSSR count). The number of nitrogens with one attached hydrogen (secondary N) is 1. The third-order valence-electron chi connectivity index (χ3n) is 4.29. The van der Waals surface area contributed by atoms with E-state index in [4.69, 9.17) is 9.26 Å². The molecule has 1 aliphatic rings. The Morgan fingerprint density at radius 2 is 2.15 bits per heavy atom. The van der Waals surface area contributed by atoms with Gasteiger partial charge in [0.15, 0.2) is 0 Å². The normalized spacial score (nSPS) is 16.8. The van der Waals surface area contributed by atoms with Gasteiger partial charge in [0.25, 0.3) is 0 Å². The number of halogens is 1. The summed E-state index contributed by atoms with van der Waals surface area (Å²) in [6.07, 6.45) is 1.69. The maximum absolute atomic E-state index is 12.3. The Labute approximate surface area is 165 Å². The highest BCUT2D eigenvalue weighted by atomic mass is 79.9. The van der Waals surface area contributed by atoms with E-state index in [1.807, 2.05) is 24.3 Å². The highest BCUT2D eigenvalue weighted by molar-refractivity contribution is 9.10. The number of carbonyl (C=O) groups excluding carboxylic acids is 2. The number of aromatic nitrogens is 2. The van der Waals surface area contributed by atoms with E-state index in [2.05, 4.69) is 31.4 Å². The van der Waals surface area contributed by atoms with Gasteiger partial charge in [-0.1, -0.05) is 21.1 Å². The molecule has 1 aliphatic heterocycles. The number of carbonyl (C=O) groups is 2. The van der Waals surface area contributed by atoms with Crippen LogP contribution in [0.5, 0.6) is 0 Å². The summed E-state index contributed by atoms with van der Waals surface area (Å²) in [4.78, 5) is 29.8. The smallest absolute Gasteiger partial charge is 0.325 e. The van der Waals surface area contributed by atoms with Crippen LogP contribution >= 0.6 is 15.9 Å². The minimum atomic E-state index is -0.449. The molecule has 1 unspecified atom stereocenters. The van der Waals surface area contributed by atoms with Gasteiger partial charge in [-0.05, 0) is 44.0 Å². The topological polar surface area (TPSA) is 97.6 Å². The Morgan fingerprint density at radius 3 is 2.89 bits per heavy atom. The van der Waals surface area contributed by atoms with Crippen molar-refractivity contribution in [2.45, 2.75) is 25.7 Å². The Morgan fingerprint density at radius 1 is 1.37 bits per heavy atom. The van der Waals surface area contributed by atoms with Crippen molar-refractivity contribution < 1.29 is 18.8 Å². The first kappa shape index (κ1) is 19.3. The molecule has 1 aromatic heterocycles. The van der Waals surface area contributed by atoms with Crippen molar-refractivity contribution >= 4 is 27.9 Å². The summed E-state index contributed by atoms with van der Waals surface area (Å²) in [5, 5.41) is 6.65. The van der Waals surface area contributed by atoms with Gasteiger partial charge in [-0.3, -0.25) is 4.79 Å². The molecule has 1 atom stereocenters. The third kappa shape index (κ3) is 5.06. The lowest BCUT2D eigenvalue weighted by atomic mass is 9.98. The van der Waals surface area contributed by atoms with Crippen LogP contribution in [0, 0.1) is 0 Å². The van der Waals surface area contributed by atoms with Gasteiger partial charge in [-0.25, -0.2) is 4.79 Å². The first-order chi connectivity index (χ1) is 13.1. The Kier molecular flexibility index (Phi) is 6.44. The van der Waals surface area contributed by atoms with Crippen molar-refractivity contribution in [3.63, 3.8) is 0 Å². The van der Waals surface area contributed by atoms with Crippen LogP contribution in [0.25, 0.3) is 11.4 Å².